The monoisotopic (exact) mass is 360 g/mol. The summed E-state index contributed by atoms with van der Waals surface area (Å²) in [7, 11) is 0. The standard InChI is InChI=1S/C22H36N2O2/c1-16(2)20(21(25)26-22(4,5)6)23-19-12-13-24(17(3)14-19)15-18-10-8-7-9-11-18/h7-11,16-17,19-20,23H,12-15H2,1-6H3/t17-,19+,20-/m0/s1. The first-order valence-electron chi connectivity index (χ1n) is 9.92. The molecular formula is C22H36N2O2. The number of esters is 1. The van der Waals surface area contributed by atoms with E-state index in [1.807, 2.05) is 20.8 Å². The van der Waals surface area contributed by atoms with Crippen molar-refractivity contribution in [2.24, 2.45) is 5.92 Å². The van der Waals surface area contributed by atoms with Crippen molar-refractivity contribution in [3.8, 4) is 0 Å². The quantitative estimate of drug-likeness (QED) is 0.779. The summed E-state index contributed by atoms with van der Waals surface area (Å²) in [6, 6.07) is 11.2. The molecule has 0 radical (unpaired) electrons. The Bertz CT molecular complexity index is 565. The van der Waals surface area contributed by atoms with Gasteiger partial charge in [0.2, 0.25) is 0 Å². The van der Waals surface area contributed by atoms with E-state index in [0.29, 0.717) is 12.1 Å². The zero-order valence-electron chi connectivity index (χ0n) is 17.3. The smallest absolute Gasteiger partial charge is 0.323 e. The molecule has 1 aliphatic rings. The number of nitrogens with zero attached hydrogens (tertiary/aromatic N) is 1. The molecule has 0 spiro atoms. The van der Waals surface area contributed by atoms with Gasteiger partial charge < -0.3 is 10.1 Å². The summed E-state index contributed by atoms with van der Waals surface area (Å²) in [6.45, 7) is 14.3. The number of rotatable bonds is 6. The minimum Gasteiger partial charge on any atom is -0.459 e. The topological polar surface area (TPSA) is 41.6 Å². The molecule has 1 fully saturated rings. The Kier molecular flexibility index (Phi) is 7.24. The van der Waals surface area contributed by atoms with Crippen molar-refractivity contribution >= 4 is 5.97 Å². The fraction of sp³-hybridized carbons (Fsp3) is 0.682. The number of piperidine rings is 1. The molecule has 1 heterocycles. The third kappa shape index (κ3) is 6.40. The number of ether oxygens (including phenoxy) is 1. The van der Waals surface area contributed by atoms with Crippen molar-refractivity contribution < 1.29 is 9.53 Å². The molecular weight excluding hydrogens is 324 g/mol. The van der Waals surface area contributed by atoms with E-state index in [4.69, 9.17) is 4.74 Å². The highest BCUT2D eigenvalue weighted by atomic mass is 16.6. The Labute approximate surface area is 159 Å². The van der Waals surface area contributed by atoms with E-state index < -0.39 is 5.60 Å². The van der Waals surface area contributed by atoms with Crippen LogP contribution in [0.15, 0.2) is 30.3 Å². The van der Waals surface area contributed by atoms with Gasteiger partial charge in [-0.05, 0) is 52.0 Å². The van der Waals surface area contributed by atoms with Crippen LogP contribution in [0.3, 0.4) is 0 Å². The minimum atomic E-state index is -0.446. The van der Waals surface area contributed by atoms with Crippen molar-refractivity contribution in [2.75, 3.05) is 6.54 Å². The van der Waals surface area contributed by atoms with Crippen LogP contribution in [0.5, 0.6) is 0 Å². The first-order chi connectivity index (χ1) is 12.2. The summed E-state index contributed by atoms with van der Waals surface area (Å²) in [6.07, 6.45) is 2.11. The zero-order valence-corrected chi connectivity index (χ0v) is 17.3. The fourth-order valence-corrected chi connectivity index (χ4v) is 3.58. The number of benzene rings is 1. The maximum absolute atomic E-state index is 12.6. The summed E-state index contributed by atoms with van der Waals surface area (Å²) in [5.41, 5.74) is 0.915. The number of hydrogen-bond acceptors (Lipinski definition) is 4. The summed E-state index contributed by atoms with van der Waals surface area (Å²) >= 11 is 0. The van der Waals surface area contributed by atoms with E-state index >= 15 is 0 Å². The average Bonchev–Trinajstić information content (AvgIpc) is 2.54. The van der Waals surface area contributed by atoms with Gasteiger partial charge in [0.25, 0.3) is 0 Å². The van der Waals surface area contributed by atoms with Crippen LogP contribution in [0.2, 0.25) is 0 Å². The number of carbonyl (C=O) groups excluding carboxylic acids is 1. The summed E-state index contributed by atoms with van der Waals surface area (Å²) in [4.78, 5) is 15.1. The number of nitrogens with one attached hydrogen (secondary N) is 1. The van der Waals surface area contributed by atoms with E-state index in [2.05, 4.69) is 61.3 Å². The van der Waals surface area contributed by atoms with Gasteiger partial charge in [0.05, 0.1) is 0 Å². The van der Waals surface area contributed by atoms with Crippen molar-refractivity contribution in [1.29, 1.82) is 0 Å². The second-order valence-corrected chi connectivity index (χ2v) is 8.95. The van der Waals surface area contributed by atoms with Crippen LogP contribution >= 0.6 is 0 Å². The highest BCUT2D eigenvalue weighted by Crippen LogP contribution is 2.22. The second kappa shape index (κ2) is 9.01. The first-order valence-corrected chi connectivity index (χ1v) is 9.92. The Balaban J connectivity index is 1.91. The van der Waals surface area contributed by atoms with Gasteiger partial charge in [0, 0.05) is 25.2 Å². The van der Waals surface area contributed by atoms with E-state index in [-0.39, 0.29) is 17.9 Å². The molecule has 1 aliphatic heterocycles. The van der Waals surface area contributed by atoms with E-state index in [1.54, 1.807) is 0 Å². The zero-order chi connectivity index (χ0) is 19.3. The van der Waals surface area contributed by atoms with Crippen LogP contribution in [0.25, 0.3) is 0 Å². The van der Waals surface area contributed by atoms with Crippen LogP contribution in [-0.4, -0.2) is 41.1 Å². The first kappa shape index (κ1) is 20.9. The molecule has 4 nitrogen and oxygen atoms in total. The SMILES string of the molecule is CC(C)[C@H](N[C@@H]1CCN(Cc2ccccc2)[C@@H](C)C1)C(=O)OC(C)(C)C. The van der Waals surface area contributed by atoms with Crippen LogP contribution in [-0.2, 0) is 16.1 Å². The second-order valence-electron chi connectivity index (χ2n) is 8.95. The van der Waals surface area contributed by atoms with Gasteiger partial charge in [0.1, 0.15) is 11.6 Å². The van der Waals surface area contributed by atoms with Gasteiger partial charge >= 0.3 is 5.97 Å². The molecule has 3 atom stereocenters. The van der Waals surface area contributed by atoms with Crippen LogP contribution in [0, 0.1) is 5.92 Å². The molecule has 0 saturated carbocycles. The predicted octanol–water partition coefficient (Wildman–Crippen LogP) is 4.00. The van der Waals surface area contributed by atoms with Crippen molar-refractivity contribution in [3.05, 3.63) is 35.9 Å². The van der Waals surface area contributed by atoms with E-state index in [0.717, 1.165) is 25.9 Å². The minimum absolute atomic E-state index is 0.133. The number of likely N-dealkylation sites (tertiary alicyclic amines) is 1. The van der Waals surface area contributed by atoms with Crippen LogP contribution < -0.4 is 5.32 Å². The fourth-order valence-electron chi connectivity index (χ4n) is 3.58. The highest BCUT2D eigenvalue weighted by molar-refractivity contribution is 5.76. The van der Waals surface area contributed by atoms with Crippen molar-refractivity contribution in [1.82, 2.24) is 10.2 Å². The lowest BCUT2D eigenvalue weighted by molar-refractivity contribution is -0.159. The maximum Gasteiger partial charge on any atom is 0.323 e. The van der Waals surface area contributed by atoms with Crippen molar-refractivity contribution in [2.45, 2.75) is 84.7 Å². The highest BCUT2D eigenvalue weighted by Gasteiger charge is 2.32. The molecule has 1 saturated heterocycles. The molecule has 26 heavy (non-hydrogen) atoms. The van der Waals surface area contributed by atoms with Gasteiger partial charge in [-0.3, -0.25) is 9.69 Å². The molecule has 146 valence electrons. The Hall–Kier alpha value is -1.39. The molecule has 0 bridgehead atoms. The lowest BCUT2D eigenvalue weighted by Gasteiger charge is -2.40. The van der Waals surface area contributed by atoms with Crippen LogP contribution in [0.4, 0.5) is 0 Å². The average molecular weight is 361 g/mol. The molecule has 0 aliphatic carbocycles. The molecule has 0 unspecified atom stereocenters. The van der Waals surface area contributed by atoms with Crippen LogP contribution in [0.1, 0.15) is 59.9 Å². The maximum atomic E-state index is 12.6. The molecule has 0 amide bonds. The van der Waals surface area contributed by atoms with Gasteiger partial charge in [-0.15, -0.1) is 0 Å². The molecule has 2 rings (SSSR count). The van der Waals surface area contributed by atoms with E-state index in [1.165, 1.54) is 5.56 Å². The number of hydrogen-bond donors (Lipinski definition) is 1. The molecule has 4 heteroatoms. The van der Waals surface area contributed by atoms with Gasteiger partial charge in [-0.1, -0.05) is 44.2 Å². The lowest BCUT2D eigenvalue weighted by Crippen LogP contribution is -2.53. The van der Waals surface area contributed by atoms with E-state index in [9.17, 15) is 4.79 Å². The third-order valence-electron chi connectivity index (χ3n) is 4.98. The van der Waals surface area contributed by atoms with Gasteiger partial charge in [0.15, 0.2) is 0 Å². The summed E-state index contributed by atoms with van der Waals surface area (Å²) in [5, 5.41) is 3.59. The van der Waals surface area contributed by atoms with Gasteiger partial charge in [-0.2, -0.15) is 0 Å². The molecule has 1 aromatic carbocycles. The molecule has 1 N–H and O–H groups in total. The lowest BCUT2D eigenvalue weighted by atomic mass is 9.94. The summed E-state index contributed by atoms with van der Waals surface area (Å²) in [5.74, 6) is 0.0781. The molecule has 1 aromatic rings. The normalized spacial score (nSPS) is 23.0. The Morgan fingerprint density at radius 1 is 1.27 bits per heavy atom. The van der Waals surface area contributed by atoms with Gasteiger partial charge in [-0.25, -0.2) is 0 Å². The third-order valence-corrected chi connectivity index (χ3v) is 4.98. The molecule has 0 aromatic heterocycles. The summed E-state index contributed by atoms with van der Waals surface area (Å²) < 4.78 is 5.62. The largest absolute Gasteiger partial charge is 0.459 e. The Morgan fingerprint density at radius 3 is 2.46 bits per heavy atom. The Morgan fingerprint density at radius 2 is 1.92 bits per heavy atom. The predicted molar refractivity (Wildman–Crippen MR) is 107 cm³/mol. The number of carbonyl (C=O) groups is 1. The van der Waals surface area contributed by atoms with Crippen molar-refractivity contribution in [3.63, 3.8) is 0 Å².